The molecule has 20 heavy (non-hydrogen) atoms. The summed E-state index contributed by atoms with van der Waals surface area (Å²) < 4.78 is 36.9. The van der Waals surface area contributed by atoms with Gasteiger partial charge in [-0.2, -0.15) is 13.2 Å². The Morgan fingerprint density at radius 1 is 1.15 bits per heavy atom. The van der Waals surface area contributed by atoms with Gasteiger partial charge in [0.2, 0.25) is 0 Å². The van der Waals surface area contributed by atoms with E-state index in [4.69, 9.17) is 5.11 Å². The van der Waals surface area contributed by atoms with Crippen molar-refractivity contribution in [1.82, 2.24) is 10.2 Å². The van der Waals surface area contributed by atoms with E-state index in [0.717, 1.165) is 25.4 Å². The Morgan fingerprint density at radius 3 is 2.45 bits per heavy atom. The lowest BCUT2D eigenvalue weighted by Gasteiger charge is -2.41. The van der Waals surface area contributed by atoms with Crippen LogP contribution in [0.1, 0.15) is 32.1 Å². The zero-order valence-corrected chi connectivity index (χ0v) is 11.8. The zero-order valence-electron chi connectivity index (χ0n) is 11.8. The number of piperidine rings is 1. The van der Waals surface area contributed by atoms with Crippen molar-refractivity contribution in [2.75, 3.05) is 32.8 Å². The van der Waals surface area contributed by atoms with Gasteiger partial charge in [-0.05, 0) is 37.5 Å². The van der Waals surface area contributed by atoms with Crippen LogP contribution in [0.25, 0.3) is 0 Å². The van der Waals surface area contributed by atoms with E-state index in [1.807, 2.05) is 0 Å². The molecule has 0 radical (unpaired) electrons. The van der Waals surface area contributed by atoms with Gasteiger partial charge < -0.3 is 15.3 Å². The number of alkyl halides is 3. The predicted octanol–water partition coefficient (Wildman–Crippen LogP) is 2.01. The van der Waals surface area contributed by atoms with Gasteiger partial charge in [-0.3, -0.25) is 0 Å². The summed E-state index contributed by atoms with van der Waals surface area (Å²) in [7, 11) is 0. The molecule has 2 aliphatic rings. The number of nitrogens with one attached hydrogen (secondary N) is 1. The summed E-state index contributed by atoms with van der Waals surface area (Å²) >= 11 is 0. The van der Waals surface area contributed by atoms with Crippen LogP contribution in [0.2, 0.25) is 0 Å². The maximum absolute atomic E-state index is 12.3. The van der Waals surface area contributed by atoms with Crippen molar-refractivity contribution < 1.29 is 18.3 Å². The highest BCUT2D eigenvalue weighted by atomic mass is 19.4. The van der Waals surface area contributed by atoms with Gasteiger partial charge in [0.15, 0.2) is 0 Å². The first-order valence-corrected chi connectivity index (χ1v) is 7.59. The van der Waals surface area contributed by atoms with Gasteiger partial charge in [-0.15, -0.1) is 0 Å². The van der Waals surface area contributed by atoms with Crippen LogP contribution in [0.5, 0.6) is 0 Å². The zero-order chi connectivity index (χ0) is 14.6. The van der Waals surface area contributed by atoms with Crippen LogP contribution in [0.4, 0.5) is 13.2 Å². The summed E-state index contributed by atoms with van der Waals surface area (Å²) in [4.78, 5) is 2.29. The maximum atomic E-state index is 12.3. The van der Waals surface area contributed by atoms with Crippen LogP contribution < -0.4 is 5.32 Å². The molecule has 0 spiro atoms. The quantitative estimate of drug-likeness (QED) is 0.786. The molecule has 6 heteroatoms. The standard InChI is InChI=1S/C14H25F3N2O/c15-14(16,17)10-18-13-6-12(4-5-20)8-19(9-13)7-11-2-1-3-11/h11-13,18,20H,1-10H2. The van der Waals surface area contributed by atoms with Gasteiger partial charge >= 0.3 is 6.18 Å². The van der Waals surface area contributed by atoms with E-state index in [1.54, 1.807) is 0 Å². The molecule has 1 aliphatic carbocycles. The number of likely N-dealkylation sites (tertiary alicyclic amines) is 1. The fraction of sp³-hybridized carbons (Fsp3) is 1.00. The van der Waals surface area contributed by atoms with E-state index in [0.29, 0.717) is 18.9 Å². The van der Waals surface area contributed by atoms with E-state index in [-0.39, 0.29) is 12.6 Å². The number of aliphatic hydroxyl groups is 1. The average Bonchev–Trinajstić information content (AvgIpc) is 2.31. The molecule has 2 N–H and O–H groups in total. The normalized spacial score (nSPS) is 29.4. The second-order valence-electron chi connectivity index (χ2n) is 6.32. The molecule has 0 aromatic carbocycles. The van der Waals surface area contributed by atoms with Crippen LogP contribution in [-0.4, -0.2) is 55.0 Å². The fourth-order valence-electron chi connectivity index (χ4n) is 3.29. The largest absolute Gasteiger partial charge is 0.401 e. The lowest BCUT2D eigenvalue weighted by molar-refractivity contribution is -0.127. The number of hydrogen-bond acceptors (Lipinski definition) is 3. The highest BCUT2D eigenvalue weighted by Crippen LogP contribution is 2.29. The minimum Gasteiger partial charge on any atom is -0.396 e. The third-order valence-corrected chi connectivity index (χ3v) is 4.48. The Bertz CT molecular complexity index is 295. The van der Waals surface area contributed by atoms with Crippen molar-refractivity contribution in [2.24, 2.45) is 11.8 Å². The first-order valence-electron chi connectivity index (χ1n) is 7.59. The lowest BCUT2D eigenvalue weighted by Crippen LogP contribution is -2.52. The smallest absolute Gasteiger partial charge is 0.396 e. The Morgan fingerprint density at radius 2 is 1.90 bits per heavy atom. The molecule has 1 heterocycles. The van der Waals surface area contributed by atoms with Crippen LogP contribution in [0, 0.1) is 11.8 Å². The predicted molar refractivity (Wildman–Crippen MR) is 71.4 cm³/mol. The number of rotatable bonds is 6. The summed E-state index contributed by atoms with van der Waals surface area (Å²) in [5, 5.41) is 11.7. The van der Waals surface area contributed by atoms with E-state index in [2.05, 4.69) is 10.2 Å². The first kappa shape index (κ1) is 16.0. The first-order chi connectivity index (χ1) is 9.46. The summed E-state index contributed by atoms with van der Waals surface area (Å²) in [5.74, 6) is 1.03. The van der Waals surface area contributed by atoms with Crippen LogP contribution in [0.15, 0.2) is 0 Å². The maximum Gasteiger partial charge on any atom is 0.401 e. The van der Waals surface area contributed by atoms with E-state index in [9.17, 15) is 13.2 Å². The molecule has 3 nitrogen and oxygen atoms in total. The van der Waals surface area contributed by atoms with Gasteiger partial charge in [0.1, 0.15) is 0 Å². The highest BCUT2D eigenvalue weighted by Gasteiger charge is 2.33. The van der Waals surface area contributed by atoms with Crippen molar-refractivity contribution in [2.45, 2.75) is 44.3 Å². The van der Waals surface area contributed by atoms with Gasteiger partial charge in [0.25, 0.3) is 0 Å². The second kappa shape index (κ2) is 7.09. The molecule has 0 aromatic heterocycles. The number of aliphatic hydroxyl groups excluding tert-OH is 1. The third-order valence-electron chi connectivity index (χ3n) is 4.48. The number of hydrogen-bond donors (Lipinski definition) is 2. The minimum atomic E-state index is -4.15. The molecule has 2 atom stereocenters. The van der Waals surface area contributed by atoms with Gasteiger partial charge in [-0.25, -0.2) is 0 Å². The molecule has 1 saturated heterocycles. The fourth-order valence-corrected chi connectivity index (χ4v) is 3.29. The molecular formula is C14H25F3N2O. The summed E-state index contributed by atoms with van der Waals surface area (Å²) in [6, 6.07) is -0.109. The van der Waals surface area contributed by atoms with Crippen molar-refractivity contribution in [1.29, 1.82) is 0 Å². The number of nitrogens with zero attached hydrogens (tertiary/aromatic N) is 1. The Labute approximate surface area is 118 Å². The van der Waals surface area contributed by atoms with Crippen molar-refractivity contribution in [3.05, 3.63) is 0 Å². The lowest BCUT2D eigenvalue weighted by atomic mass is 9.83. The Kier molecular flexibility index (Phi) is 5.69. The molecule has 0 bridgehead atoms. The van der Waals surface area contributed by atoms with E-state index >= 15 is 0 Å². The summed E-state index contributed by atoms with van der Waals surface area (Å²) in [5.41, 5.74) is 0. The molecule has 2 unspecified atom stereocenters. The average molecular weight is 294 g/mol. The molecule has 1 aliphatic heterocycles. The molecule has 1 saturated carbocycles. The summed E-state index contributed by atoms with van der Waals surface area (Å²) in [6.45, 7) is 1.83. The molecule has 0 aromatic rings. The molecule has 118 valence electrons. The number of halogens is 3. The Balaban J connectivity index is 1.82. The van der Waals surface area contributed by atoms with E-state index in [1.165, 1.54) is 19.3 Å². The van der Waals surface area contributed by atoms with Gasteiger partial charge in [-0.1, -0.05) is 6.42 Å². The van der Waals surface area contributed by atoms with Crippen molar-refractivity contribution in [3.63, 3.8) is 0 Å². The van der Waals surface area contributed by atoms with Gasteiger partial charge in [0, 0.05) is 32.3 Å². The third kappa shape index (κ3) is 5.22. The van der Waals surface area contributed by atoms with Crippen LogP contribution in [0.3, 0.4) is 0 Å². The second-order valence-corrected chi connectivity index (χ2v) is 6.32. The molecular weight excluding hydrogens is 269 g/mol. The minimum absolute atomic E-state index is 0.109. The van der Waals surface area contributed by atoms with Crippen molar-refractivity contribution in [3.8, 4) is 0 Å². The van der Waals surface area contributed by atoms with Gasteiger partial charge in [0.05, 0.1) is 6.54 Å². The SMILES string of the molecule is OCCC1CC(NCC(F)(F)F)CN(CC2CCC2)C1. The topological polar surface area (TPSA) is 35.5 Å². The Hall–Kier alpha value is -0.330. The summed E-state index contributed by atoms with van der Waals surface area (Å²) in [6.07, 6.45) is 1.06. The van der Waals surface area contributed by atoms with Crippen molar-refractivity contribution >= 4 is 0 Å². The molecule has 2 fully saturated rings. The van der Waals surface area contributed by atoms with Crippen LogP contribution in [-0.2, 0) is 0 Å². The molecule has 0 amide bonds. The molecule has 2 rings (SSSR count). The van der Waals surface area contributed by atoms with E-state index < -0.39 is 12.7 Å². The van der Waals surface area contributed by atoms with Crippen LogP contribution >= 0.6 is 0 Å². The highest BCUT2D eigenvalue weighted by molar-refractivity contribution is 4.86. The monoisotopic (exact) mass is 294 g/mol.